The molecule has 5 fully saturated rings. The summed E-state index contributed by atoms with van der Waals surface area (Å²) in [5, 5.41) is 4.64. The molecule has 5 nitrogen and oxygen atoms in total. The van der Waals surface area contributed by atoms with Crippen LogP contribution in [0.2, 0.25) is 0 Å². The number of urea groups is 1. The lowest BCUT2D eigenvalue weighted by molar-refractivity contribution is -0.172. The molecule has 5 rings (SSSR count). The summed E-state index contributed by atoms with van der Waals surface area (Å²) in [4.78, 5) is 35.9. The maximum absolute atomic E-state index is 12.3. The summed E-state index contributed by atoms with van der Waals surface area (Å²) < 4.78 is 0. The Morgan fingerprint density at radius 3 is 1.67 bits per heavy atom. The van der Waals surface area contributed by atoms with Crippen molar-refractivity contribution in [1.82, 2.24) is 10.6 Å². The smallest absolute Gasteiger partial charge is 0.277 e. The molecule has 1 saturated heterocycles. The third kappa shape index (κ3) is 1.06. The van der Waals surface area contributed by atoms with Crippen molar-refractivity contribution in [3.63, 3.8) is 0 Å². The zero-order valence-electron chi connectivity index (χ0n) is 10.1. The zero-order chi connectivity index (χ0) is 12.5. The fourth-order valence-electron chi connectivity index (χ4n) is 5.22. The Morgan fingerprint density at radius 1 is 0.778 bits per heavy atom. The van der Waals surface area contributed by atoms with Gasteiger partial charge in [-0.3, -0.25) is 20.2 Å². The second-order valence-electron chi connectivity index (χ2n) is 6.41. The van der Waals surface area contributed by atoms with Crippen LogP contribution in [0.1, 0.15) is 32.1 Å². The second-order valence-corrected chi connectivity index (χ2v) is 6.41. The first-order valence-electron chi connectivity index (χ1n) is 6.77. The van der Waals surface area contributed by atoms with Gasteiger partial charge in [0.1, 0.15) is 5.41 Å². The summed E-state index contributed by atoms with van der Waals surface area (Å²) in [5.74, 6) is 0.978. The summed E-state index contributed by atoms with van der Waals surface area (Å²) >= 11 is 0. The lowest BCUT2D eigenvalue weighted by Crippen LogP contribution is -2.71. The van der Waals surface area contributed by atoms with E-state index in [9.17, 15) is 14.4 Å². The molecule has 4 amide bonds. The average molecular weight is 248 g/mol. The van der Waals surface area contributed by atoms with Crippen LogP contribution in [0.5, 0.6) is 0 Å². The summed E-state index contributed by atoms with van der Waals surface area (Å²) in [6, 6.07) is -0.663. The molecule has 0 unspecified atom stereocenters. The molecule has 96 valence electrons. The van der Waals surface area contributed by atoms with Gasteiger partial charge in [-0.25, -0.2) is 4.79 Å². The van der Waals surface area contributed by atoms with E-state index in [1.807, 2.05) is 0 Å². The third-order valence-electron chi connectivity index (χ3n) is 5.63. The SMILES string of the molecule is O=C1NC(=O)C2(C(=O)N1)[C@H]1C[C@H]3C[C@H](C1)C[C@H]2C3. The van der Waals surface area contributed by atoms with Crippen LogP contribution < -0.4 is 10.6 Å². The van der Waals surface area contributed by atoms with Crippen LogP contribution in [0.25, 0.3) is 0 Å². The highest BCUT2D eigenvalue weighted by Gasteiger charge is 2.66. The van der Waals surface area contributed by atoms with E-state index in [1.54, 1.807) is 0 Å². The predicted octanol–water partition coefficient (Wildman–Crippen LogP) is 0.795. The fraction of sp³-hybridized carbons (Fsp3) is 0.769. The second kappa shape index (κ2) is 3.13. The lowest BCUT2D eigenvalue weighted by Gasteiger charge is -2.59. The van der Waals surface area contributed by atoms with Crippen molar-refractivity contribution in [1.29, 1.82) is 0 Å². The Balaban J connectivity index is 1.80. The fourth-order valence-corrected chi connectivity index (χ4v) is 5.22. The van der Waals surface area contributed by atoms with Gasteiger partial charge in [0.2, 0.25) is 11.8 Å². The molecule has 5 heteroatoms. The number of amides is 4. The molecule has 18 heavy (non-hydrogen) atoms. The van der Waals surface area contributed by atoms with Crippen LogP contribution in [0.4, 0.5) is 4.79 Å². The van der Waals surface area contributed by atoms with Crippen molar-refractivity contribution < 1.29 is 14.4 Å². The Hall–Kier alpha value is -1.39. The van der Waals surface area contributed by atoms with E-state index >= 15 is 0 Å². The molecule has 4 bridgehead atoms. The molecule has 1 heterocycles. The van der Waals surface area contributed by atoms with Crippen molar-refractivity contribution in [2.24, 2.45) is 29.1 Å². The number of nitrogens with one attached hydrogen (secondary N) is 2. The molecular weight excluding hydrogens is 232 g/mol. The van der Waals surface area contributed by atoms with Gasteiger partial charge in [-0.15, -0.1) is 0 Å². The number of hydrogen-bond donors (Lipinski definition) is 2. The molecule has 0 aromatic rings. The van der Waals surface area contributed by atoms with E-state index in [4.69, 9.17) is 0 Å². The quantitative estimate of drug-likeness (QED) is 0.622. The number of hydrogen-bond acceptors (Lipinski definition) is 3. The Kier molecular flexibility index (Phi) is 1.83. The molecule has 0 radical (unpaired) electrons. The molecule has 0 atom stereocenters. The van der Waals surface area contributed by atoms with E-state index in [2.05, 4.69) is 10.6 Å². The largest absolute Gasteiger partial charge is 0.328 e. The van der Waals surface area contributed by atoms with Gasteiger partial charge in [-0.05, 0) is 55.8 Å². The minimum atomic E-state index is -0.943. The summed E-state index contributed by atoms with van der Waals surface area (Å²) in [6.07, 6.45) is 5.17. The van der Waals surface area contributed by atoms with Crippen LogP contribution in [0, 0.1) is 29.1 Å². The van der Waals surface area contributed by atoms with Crippen LogP contribution in [-0.2, 0) is 9.59 Å². The summed E-state index contributed by atoms with van der Waals surface area (Å²) in [5.41, 5.74) is -0.943. The maximum atomic E-state index is 12.3. The number of carbonyl (C=O) groups is 3. The highest BCUT2D eigenvalue weighted by Crippen LogP contribution is 2.62. The van der Waals surface area contributed by atoms with Crippen molar-refractivity contribution in [3.05, 3.63) is 0 Å². The van der Waals surface area contributed by atoms with Crippen LogP contribution >= 0.6 is 0 Å². The van der Waals surface area contributed by atoms with Crippen LogP contribution in [0.3, 0.4) is 0 Å². The van der Waals surface area contributed by atoms with Crippen LogP contribution in [-0.4, -0.2) is 17.8 Å². The van der Waals surface area contributed by atoms with E-state index in [0.29, 0.717) is 11.8 Å². The average Bonchev–Trinajstić information content (AvgIpc) is 2.26. The predicted molar refractivity (Wildman–Crippen MR) is 61.2 cm³/mol. The van der Waals surface area contributed by atoms with Gasteiger partial charge in [0, 0.05) is 0 Å². The first-order valence-corrected chi connectivity index (χ1v) is 6.77. The van der Waals surface area contributed by atoms with Gasteiger partial charge in [0.05, 0.1) is 0 Å². The van der Waals surface area contributed by atoms with Crippen molar-refractivity contribution in [2.75, 3.05) is 0 Å². The Morgan fingerprint density at radius 2 is 1.22 bits per heavy atom. The summed E-state index contributed by atoms with van der Waals surface area (Å²) in [7, 11) is 0. The van der Waals surface area contributed by atoms with Crippen molar-refractivity contribution in [2.45, 2.75) is 32.1 Å². The first-order chi connectivity index (χ1) is 8.60. The Labute approximate surface area is 105 Å². The van der Waals surface area contributed by atoms with Gasteiger partial charge in [-0.2, -0.15) is 0 Å². The Bertz CT molecular complexity index is 421. The minimum absolute atomic E-state index is 0.141. The molecule has 2 N–H and O–H groups in total. The number of imide groups is 2. The van der Waals surface area contributed by atoms with E-state index in [0.717, 1.165) is 25.7 Å². The number of barbiturate groups is 1. The highest BCUT2D eigenvalue weighted by molar-refractivity contribution is 6.19. The molecule has 0 aromatic carbocycles. The standard InChI is InChI=1S/C13H16N2O3/c16-10-13(11(17)15-12(18)14-10)8-2-6-1-7(4-8)5-9(13)3-6/h6-9H,1-5H2,(H2,14,15,16,17,18)/t6-,7-,8-,9+. The monoisotopic (exact) mass is 248 g/mol. The minimum Gasteiger partial charge on any atom is -0.277 e. The molecular formula is C13H16N2O3. The van der Waals surface area contributed by atoms with E-state index in [1.165, 1.54) is 6.42 Å². The van der Waals surface area contributed by atoms with Gasteiger partial charge >= 0.3 is 6.03 Å². The van der Waals surface area contributed by atoms with Crippen molar-refractivity contribution >= 4 is 17.8 Å². The third-order valence-corrected chi connectivity index (χ3v) is 5.63. The molecule has 1 aliphatic heterocycles. The summed E-state index contributed by atoms with van der Waals surface area (Å²) in [6.45, 7) is 0. The van der Waals surface area contributed by atoms with Gasteiger partial charge < -0.3 is 0 Å². The maximum Gasteiger partial charge on any atom is 0.328 e. The zero-order valence-corrected chi connectivity index (χ0v) is 10.1. The topological polar surface area (TPSA) is 75.3 Å². The van der Waals surface area contributed by atoms with E-state index in [-0.39, 0.29) is 23.7 Å². The van der Waals surface area contributed by atoms with Crippen molar-refractivity contribution in [3.8, 4) is 0 Å². The molecule has 1 spiro atoms. The van der Waals surface area contributed by atoms with Gasteiger partial charge in [0.25, 0.3) is 0 Å². The van der Waals surface area contributed by atoms with Crippen LogP contribution in [0.15, 0.2) is 0 Å². The molecule has 4 saturated carbocycles. The molecule has 4 aliphatic carbocycles. The first kappa shape index (κ1) is 10.5. The van der Waals surface area contributed by atoms with Gasteiger partial charge in [0.15, 0.2) is 0 Å². The lowest BCUT2D eigenvalue weighted by atomic mass is 9.44. The van der Waals surface area contributed by atoms with Gasteiger partial charge in [-0.1, -0.05) is 0 Å². The molecule has 0 aromatic heterocycles. The normalized spacial score (nSPS) is 44.1. The molecule has 5 aliphatic rings. The number of carbonyl (C=O) groups excluding carboxylic acids is 3. The highest BCUT2D eigenvalue weighted by atomic mass is 16.2. The van der Waals surface area contributed by atoms with E-state index < -0.39 is 11.4 Å². The number of rotatable bonds is 0.